The topological polar surface area (TPSA) is 54.4 Å². The second-order valence-corrected chi connectivity index (χ2v) is 2.61. The van der Waals surface area contributed by atoms with E-state index in [0.717, 1.165) is 0 Å². The van der Waals surface area contributed by atoms with E-state index in [1.54, 1.807) is 0 Å². The fourth-order valence-corrected chi connectivity index (χ4v) is 0. The molecule has 0 aliphatic heterocycles. The largest absolute Gasteiger partial charge is 0.286 e. The van der Waals surface area contributed by atoms with Gasteiger partial charge < -0.3 is 0 Å². The molecule has 0 aliphatic carbocycles. The average molecular weight is 315 g/mol. The molecule has 0 aromatic heterocycles. The normalized spacial score (nSPS) is 10.0. The fourth-order valence-electron chi connectivity index (χ4n) is 0. The fraction of sp³-hybridized carbons (Fsp3) is 1.00. The monoisotopic (exact) mass is 315 g/mol. The number of hydrogen-bond acceptors (Lipinski definition) is 2. The predicted molar refractivity (Wildman–Crippen MR) is 27.8 cm³/mol. The summed E-state index contributed by atoms with van der Waals surface area (Å²) in [6.07, 6.45) is 0. The van der Waals surface area contributed by atoms with Gasteiger partial charge in [0.25, 0.3) is 10.1 Å². The standard InChI is InChI=1S/C2H6O3S.Tl/c1-2-6(3,4)5;/h2H2,1H3,(H,3,4,5);. The van der Waals surface area contributed by atoms with Crippen molar-refractivity contribution in [2.45, 2.75) is 6.92 Å². The molecule has 0 rings (SSSR count). The van der Waals surface area contributed by atoms with E-state index in [9.17, 15) is 8.42 Å². The van der Waals surface area contributed by atoms with Gasteiger partial charge in [-0.05, 0) is 6.92 Å². The molecule has 0 saturated heterocycles. The maximum absolute atomic E-state index is 9.56. The maximum Gasteiger partial charge on any atom is 0.264 e. The van der Waals surface area contributed by atoms with Crippen LogP contribution in [-0.2, 0) is 10.1 Å². The van der Waals surface area contributed by atoms with Crippen LogP contribution in [-0.4, -0.2) is 46.0 Å². The second kappa shape index (κ2) is 3.79. The zero-order chi connectivity index (χ0) is 5.21. The van der Waals surface area contributed by atoms with Crippen molar-refractivity contribution in [1.82, 2.24) is 0 Å². The molecular formula is C2H6O3STl. The van der Waals surface area contributed by atoms with E-state index in [4.69, 9.17) is 4.55 Å². The summed E-state index contributed by atoms with van der Waals surface area (Å²) < 4.78 is 26.9. The molecule has 3 nitrogen and oxygen atoms in total. The minimum absolute atomic E-state index is 0. The van der Waals surface area contributed by atoms with E-state index in [-0.39, 0.29) is 33.1 Å². The van der Waals surface area contributed by atoms with Crippen molar-refractivity contribution in [3.05, 3.63) is 0 Å². The second-order valence-electron chi connectivity index (χ2n) is 0.871. The van der Waals surface area contributed by atoms with Gasteiger partial charge in [0.05, 0.1) is 5.75 Å². The molecule has 0 aromatic carbocycles. The van der Waals surface area contributed by atoms with Crippen molar-refractivity contribution in [2.24, 2.45) is 0 Å². The van der Waals surface area contributed by atoms with Crippen LogP contribution in [0.25, 0.3) is 0 Å². The zero-order valence-corrected chi connectivity index (χ0v) is 9.26. The molecule has 0 saturated carbocycles. The van der Waals surface area contributed by atoms with Crippen molar-refractivity contribution >= 4 is 37.4 Å². The molecule has 0 atom stereocenters. The summed E-state index contributed by atoms with van der Waals surface area (Å²) in [6, 6.07) is 0. The van der Waals surface area contributed by atoms with E-state index in [1.165, 1.54) is 6.92 Å². The van der Waals surface area contributed by atoms with Crippen LogP contribution in [0.2, 0.25) is 0 Å². The van der Waals surface area contributed by atoms with Crippen LogP contribution in [0.5, 0.6) is 0 Å². The van der Waals surface area contributed by atoms with Gasteiger partial charge in [0.15, 0.2) is 0 Å². The van der Waals surface area contributed by atoms with Crippen LogP contribution >= 0.6 is 0 Å². The third-order valence-electron chi connectivity index (χ3n) is 0.365. The molecule has 0 amide bonds. The van der Waals surface area contributed by atoms with Gasteiger partial charge in [0, 0.05) is 27.3 Å². The number of rotatable bonds is 1. The van der Waals surface area contributed by atoms with Crippen molar-refractivity contribution in [3.63, 3.8) is 0 Å². The molecule has 0 fully saturated rings. The van der Waals surface area contributed by atoms with Crippen LogP contribution in [0.3, 0.4) is 0 Å². The van der Waals surface area contributed by atoms with Gasteiger partial charge >= 0.3 is 0 Å². The van der Waals surface area contributed by atoms with Crippen molar-refractivity contribution in [3.8, 4) is 0 Å². The zero-order valence-electron chi connectivity index (χ0n) is 3.96. The van der Waals surface area contributed by atoms with Crippen LogP contribution in [0.4, 0.5) is 0 Å². The third kappa shape index (κ3) is 10.9. The Bertz CT molecular complexity index is 115. The predicted octanol–water partition coefficient (Wildman–Crippen LogP) is -0.487. The Hall–Kier alpha value is 0.832. The molecule has 7 heavy (non-hydrogen) atoms. The van der Waals surface area contributed by atoms with Crippen molar-refractivity contribution in [1.29, 1.82) is 0 Å². The molecule has 41 valence electrons. The summed E-state index contributed by atoms with van der Waals surface area (Å²) in [5.74, 6) is -0.201. The Balaban J connectivity index is 0. The molecular weight excluding hydrogens is 308 g/mol. The summed E-state index contributed by atoms with van der Waals surface area (Å²) in [5, 5.41) is 0. The van der Waals surface area contributed by atoms with Gasteiger partial charge in [-0.2, -0.15) is 8.42 Å². The first-order valence-electron chi connectivity index (χ1n) is 1.51. The van der Waals surface area contributed by atoms with E-state index >= 15 is 0 Å². The van der Waals surface area contributed by atoms with Crippen LogP contribution < -0.4 is 0 Å². The maximum atomic E-state index is 9.56. The average Bonchev–Trinajstić information content (AvgIpc) is 1.35. The van der Waals surface area contributed by atoms with E-state index in [2.05, 4.69) is 0 Å². The van der Waals surface area contributed by atoms with Crippen LogP contribution in [0.1, 0.15) is 6.92 Å². The molecule has 1 radical (unpaired) electrons. The van der Waals surface area contributed by atoms with Crippen LogP contribution in [0, 0.1) is 0 Å². The Morgan fingerprint density at radius 3 is 1.71 bits per heavy atom. The van der Waals surface area contributed by atoms with Gasteiger partial charge in [-0.1, -0.05) is 0 Å². The summed E-state index contributed by atoms with van der Waals surface area (Å²) in [6.45, 7) is 1.37. The van der Waals surface area contributed by atoms with E-state index in [0.29, 0.717) is 0 Å². The van der Waals surface area contributed by atoms with E-state index < -0.39 is 10.1 Å². The summed E-state index contributed by atoms with van der Waals surface area (Å²) >= 11 is 0. The smallest absolute Gasteiger partial charge is 0.264 e. The van der Waals surface area contributed by atoms with Crippen molar-refractivity contribution < 1.29 is 13.0 Å². The molecule has 0 aromatic rings. The van der Waals surface area contributed by atoms with Gasteiger partial charge in [0.2, 0.25) is 0 Å². The number of hydrogen-bond donors (Lipinski definition) is 1. The Labute approximate surface area is 63.0 Å². The third-order valence-corrected chi connectivity index (χ3v) is 1.09. The summed E-state index contributed by atoms with van der Waals surface area (Å²) in [7, 11) is -3.66. The molecule has 0 spiro atoms. The quantitative estimate of drug-likeness (QED) is 0.525. The van der Waals surface area contributed by atoms with Gasteiger partial charge in [0.1, 0.15) is 0 Å². The molecule has 0 unspecified atom stereocenters. The molecule has 0 bridgehead atoms. The first-order valence-corrected chi connectivity index (χ1v) is 3.12. The Morgan fingerprint density at radius 1 is 1.57 bits per heavy atom. The SMILES string of the molecule is CCS(=O)(=O)O.[Tl]. The minimum atomic E-state index is -3.66. The Kier molecular flexibility index (Phi) is 5.82. The summed E-state index contributed by atoms with van der Waals surface area (Å²) in [4.78, 5) is 0. The molecule has 1 N–H and O–H groups in total. The van der Waals surface area contributed by atoms with Gasteiger partial charge in [-0.15, -0.1) is 0 Å². The first-order chi connectivity index (χ1) is 2.56. The van der Waals surface area contributed by atoms with Gasteiger partial charge in [-0.25, -0.2) is 0 Å². The summed E-state index contributed by atoms with van der Waals surface area (Å²) in [5.41, 5.74) is 0. The Morgan fingerprint density at radius 2 is 1.71 bits per heavy atom. The van der Waals surface area contributed by atoms with Gasteiger partial charge in [-0.3, -0.25) is 4.55 Å². The molecule has 5 heteroatoms. The van der Waals surface area contributed by atoms with Crippen molar-refractivity contribution in [2.75, 3.05) is 5.75 Å². The first kappa shape index (κ1) is 10.7. The molecule has 0 aliphatic rings. The van der Waals surface area contributed by atoms with E-state index in [1.807, 2.05) is 0 Å². The van der Waals surface area contributed by atoms with Crippen LogP contribution in [0.15, 0.2) is 0 Å². The minimum Gasteiger partial charge on any atom is -0.286 e. The molecule has 0 heterocycles.